The van der Waals surface area contributed by atoms with Crippen LogP contribution in [0.2, 0.25) is 0 Å². The van der Waals surface area contributed by atoms with Gasteiger partial charge in [-0.3, -0.25) is 4.99 Å². The first kappa shape index (κ1) is 13.1. The zero-order valence-electron chi connectivity index (χ0n) is 11.2. The molecule has 1 unspecified atom stereocenters. The average molecular weight is 286 g/mol. The number of hydrogen-bond donors (Lipinski definition) is 1. The van der Waals surface area contributed by atoms with E-state index in [4.69, 9.17) is 0 Å². The summed E-state index contributed by atoms with van der Waals surface area (Å²) in [6.45, 7) is 0.915. The van der Waals surface area contributed by atoms with Crippen LogP contribution < -0.4 is 15.3 Å². The van der Waals surface area contributed by atoms with E-state index >= 15 is 0 Å². The van der Waals surface area contributed by atoms with Gasteiger partial charge in [0.25, 0.3) is 0 Å². The van der Waals surface area contributed by atoms with E-state index in [1.165, 1.54) is 11.3 Å². The molecule has 3 rings (SSSR count). The first-order valence-electron chi connectivity index (χ1n) is 6.77. The first-order valence-corrected chi connectivity index (χ1v) is 7.76. The Hall–Kier alpha value is -1.88. The summed E-state index contributed by atoms with van der Waals surface area (Å²) in [5.41, 5.74) is 2.44. The molecule has 3 N–H and O–H groups in total. The van der Waals surface area contributed by atoms with Crippen LogP contribution in [-0.2, 0) is 6.42 Å². The molecule has 2 aromatic heterocycles. The van der Waals surface area contributed by atoms with Crippen molar-refractivity contribution in [2.75, 3.05) is 12.3 Å². The van der Waals surface area contributed by atoms with Crippen molar-refractivity contribution in [2.45, 2.75) is 12.5 Å². The van der Waals surface area contributed by atoms with Crippen LogP contribution in [0.3, 0.4) is 0 Å². The summed E-state index contributed by atoms with van der Waals surface area (Å²) in [7, 11) is 0. The minimum atomic E-state index is 0.218. The highest BCUT2D eigenvalue weighted by Gasteiger charge is 2.20. The third kappa shape index (κ3) is 3.36. The number of H-pyrrole nitrogens is 2. The molecule has 0 bridgehead atoms. The molecule has 4 nitrogen and oxygen atoms in total. The van der Waals surface area contributed by atoms with Crippen molar-refractivity contribution in [3.05, 3.63) is 60.2 Å². The molecular formula is C15H18N4S+2. The second kappa shape index (κ2) is 6.52. The third-order valence-corrected chi connectivity index (χ3v) is 4.12. The van der Waals surface area contributed by atoms with Crippen molar-refractivity contribution in [2.24, 2.45) is 4.99 Å². The molecule has 102 valence electrons. The molecule has 1 aliphatic rings. The van der Waals surface area contributed by atoms with Crippen molar-refractivity contribution < 1.29 is 9.97 Å². The Morgan fingerprint density at radius 1 is 1.25 bits per heavy atom. The van der Waals surface area contributed by atoms with Crippen molar-refractivity contribution in [1.29, 1.82) is 0 Å². The molecule has 0 aliphatic carbocycles. The summed E-state index contributed by atoms with van der Waals surface area (Å²) in [5, 5.41) is 4.60. The minimum absolute atomic E-state index is 0.218. The van der Waals surface area contributed by atoms with Crippen molar-refractivity contribution in [3.63, 3.8) is 0 Å². The highest BCUT2D eigenvalue weighted by Crippen LogP contribution is 2.19. The summed E-state index contributed by atoms with van der Waals surface area (Å²) in [6.07, 6.45) is 6.83. The highest BCUT2D eigenvalue weighted by atomic mass is 32.2. The average Bonchev–Trinajstić information content (AvgIpc) is 3.02. The molecule has 1 aliphatic heterocycles. The highest BCUT2D eigenvalue weighted by molar-refractivity contribution is 8.14. The standard InChI is InChI=1S/C15H16N4S/c1-2-7-17-13(5-1)10-14(12-4-3-6-16-11-12)19-15-18-8-9-20-15/h1-7,11,14H,8-10H2,(H,18,19)/p+2. The lowest BCUT2D eigenvalue weighted by molar-refractivity contribution is -0.390. The van der Waals surface area contributed by atoms with E-state index in [-0.39, 0.29) is 6.04 Å². The number of thioether (sulfide) groups is 1. The first-order chi connectivity index (χ1) is 9.92. The Morgan fingerprint density at radius 3 is 2.95 bits per heavy atom. The van der Waals surface area contributed by atoms with Gasteiger partial charge in [-0.2, -0.15) is 0 Å². The van der Waals surface area contributed by atoms with Gasteiger partial charge in [0.2, 0.25) is 0 Å². The number of aromatic nitrogens is 2. The van der Waals surface area contributed by atoms with Crippen molar-refractivity contribution in [1.82, 2.24) is 5.32 Å². The number of nitrogens with zero attached hydrogens (tertiary/aromatic N) is 1. The molecular weight excluding hydrogens is 268 g/mol. The minimum Gasteiger partial charge on any atom is -0.357 e. The van der Waals surface area contributed by atoms with Gasteiger partial charge in [0.1, 0.15) is 0 Å². The number of nitrogens with one attached hydrogen (secondary N) is 3. The zero-order chi connectivity index (χ0) is 13.6. The van der Waals surface area contributed by atoms with Gasteiger partial charge in [-0.05, 0) is 6.07 Å². The van der Waals surface area contributed by atoms with Crippen molar-refractivity contribution in [3.8, 4) is 0 Å². The van der Waals surface area contributed by atoms with E-state index in [9.17, 15) is 0 Å². The van der Waals surface area contributed by atoms with Gasteiger partial charge in [-0.15, -0.1) is 0 Å². The van der Waals surface area contributed by atoms with E-state index in [0.29, 0.717) is 0 Å². The molecule has 0 fully saturated rings. The van der Waals surface area contributed by atoms with Gasteiger partial charge in [0.15, 0.2) is 29.5 Å². The number of hydrogen-bond acceptors (Lipinski definition) is 3. The van der Waals surface area contributed by atoms with E-state index in [2.05, 4.69) is 38.5 Å². The fourth-order valence-corrected chi connectivity index (χ4v) is 3.01. The Balaban J connectivity index is 1.79. The summed E-state index contributed by atoms with van der Waals surface area (Å²) in [5.74, 6) is 1.08. The van der Waals surface area contributed by atoms with Crippen LogP contribution in [0.5, 0.6) is 0 Å². The fraction of sp³-hybridized carbons (Fsp3) is 0.267. The maximum absolute atomic E-state index is 4.49. The summed E-state index contributed by atoms with van der Waals surface area (Å²) in [6, 6.07) is 10.6. The maximum Gasteiger partial charge on any atom is 0.182 e. The van der Waals surface area contributed by atoms with Crippen LogP contribution in [0.25, 0.3) is 0 Å². The van der Waals surface area contributed by atoms with Crippen LogP contribution in [0.1, 0.15) is 17.3 Å². The van der Waals surface area contributed by atoms with Gasteiger partial charge in [0.05, 0.1) is 19.0 Å². The van der Waals surface area contributed by atoms with Crippen LogP contribution in [0.15, 0.2) is 53.9 Å². The normalized spacial score (nSPS) is 15.7. The van der Waals surface area contributed by atoms with Crippen LogP contribution >= 0.6 is 11.8 Å². The molecule has 0 aromatic carbocycles. The molecule has 3 heterocycles. The number of aliphatic imine (C=N–C) groups is 1. The Bertz CT molecular complexity index is 571. The second-order valence-corrected chi connectivity index (χ2v) is 5.74. The predicted octanol–water partition coefficient (Wildman–Crippen LogP) is 1.29. The Kier molecular flexibility index (Phi) is 4.28. The van der Waals surface area contributed by atoms with Gasteiger partial charge in [-0.25, -0.2) is 9.97 Å². The summed E-state index contributed by atoms with van der Waals surface area (Å²) >= 11 is 1.79. The molecule has 1 atom stereocenters. The van der Waals surface area contributed by atoms with Crippen LogP contribution in [0.4, 0.5) is 0 Å². The van der Waals surface area contributed by atoms with Gasteiger partial charge >= 0.3 is 0 Å². The Morgan fingerprint density at radius 2 is 2.25 bits per heavy atom. The molecule has 0 saturated carbocycles. The van der Waals surface area contributed by atoms with E-state index in [1.807, 2.05) is 30.7 Å². The van der Waals surface area contributed by atoms with Crippen LogP contribution in [-0.4, -0.2) is 17.5 Å². The fourth-order valence-electron chi connectivity index (χ4n) is 2.23. The largest absolute Gasteiger partial charge is 0.357 e. The SMILES string of the molecule is c1ccc(CC(NC2=NCCS2)c2ccc[nH+]c2)[nH+]c1. The van der Waals surface area contributed by atoms with Crippen LogP contribution in [0, 0.1) is 0 Å². The van der Waals surface area contributed by atoms with Gasteiger partial charge in [0, 0.05) is 29.5 Å². The molecule has 0 radical (unpaired) electrons. The molecule has 0 amide bonds. The number of amidine groups is 1. The number of pyridine rings is 2. The lowest BCUT2D eigenvalue weighted by atomic mass is 10.0. The number of rotatable bonds is 4. The number of aromatic amines is 2. The molecule has 5 heteroatoms. The summed E-state index contributed by atoms with van der Waals surface area (Å²) in [4.78, 5) is 10.9. The van der Waals surface area contributed by atoms with Crippen molar-refractivity contribution >= 4 is 16.9 Å². The third-order valence-electron chi connectivity index (χ3n) is 3.21. The lowest BCUT2D eigenvalue weighted by Crippen LogP contribution is -2.29. The van der Waals surface area contributed by atoms with E-state index < -0.39 is 0 Å². The summed E-state index contributed by atoms with van der Waals surface area (Å²) < 4.78 is 0. The second-order valence-electron chi connectivity index (χ2n) is 4.66. The topological polar surface area (TPSA) is 52.7 Å². The van der Waals surface area contributed by atoms with Gasteiger partial charge in [-0.1, -0.05) is 17.8 Å². The van der Waals surface area contributed by atoms with E-state index in [1.54, 1.807) is 11.8 Å². The zero-order valence-corrected chi connectivity index (χ0v) is 12.0. The smallest absolute Gasteiger partial charge is 0.182 e. The molecule has 2 aromatic rings. The maximum atomic E-state index is 4.49. The molecule has 0 spiro atoms. The monoisotopic (exact) mass is 286 g/mol. The lowest BCUT2D eigenvalue weighted by Gasteiger charge is -2.16. The quantitative estimate of drug-likeness (QED) is 0.921. The molecule has 20 heavy (non-hydrogen) atoms. The van der Waals surface area contributed by atoms with E-state index in [0.717, 1.165) is 23.9 Å². The Labute approximate surface area is 122 Å². The van der Waals surface area contributed by atoms with Gasteiger partial charge < -0.3 is 5.32 Å². The molecule has 0 saturated heterocycles. The predicted molar refractivity (Wildman–Crippen MR) is 80.3 cm³/mol.